The van der Waals surface area contributed by atoms with E-state index in [9.17, 15) is 14.4 Å². The van der Waals surface area contributed by atoms with Crippen LogP contribution >= 0.6 is 0 Å². The van der Waals surface area contributed by atoms with Crippen molar-refractivity contribution >= 4 is 17.8 Å². The molecule has 0 bridgehead atoms. The minimum atomic E-state index is -0.848. The lowest BCUT2D eigenvalue weighted by atomic mass is 9.81. The highest BCUT2D eigenvalue weighted by molar-refractivity contribution is 5.89. The molecule has 2 fully saturated rings. The standard InChI is InChI=1S/C18H30N2O4/c1-3-7-15(21)20-12-8-14(9-13-20)16(22)19-18(17(23)24-2)10-5-4-6-11-18/h14H,3-13H2,1-2H3,(H,19,22). The van der Waals surface area contributed by atoms with Crippen molar-refractivity contribution in [3.8, 4) is 0 Å². The van der Waals surface area contributed by atoms with Gasteiger partial charge in [0.15, 0.2) is 0 Å². The number of carbonyl (C=O) groups excluding carboxylic acids is 3. The zero-order valence-corrected chi connectivity index (χ0v) is 14.9. The third kappa shape index (κ3) is 4.28. The number of rotatable bonds is 5. The molecule has 1 heterocycles. The van der Waals surface area contributed by atoms with Crippen LogP contribution in [0, 0.1) is 5.92 Å². The number of amides is 2. The molecule has 136 valence electrons. The number of nitrogens with zero attached hydrogens (tertiary/aromatic N) is 1. The maximum absolute atomic E-state index is 12.7. The van der Waals surface area contributed by atoms with Gasteiger partial charge in [-0.15, -0.1) is 0 Å². The summed E-state index contributed by atoms with van der Waals surface area (Å²) in [5.74, 6) is -0.343. The van der Waals surface area contributed by atoms with E-state index in [4.69, 9.17) is 4.74 Å². The molecule has 2 aliphatic rings. The number of hydrogen-bond donors (Lipinski definition) is 1. The fourth-order valence-electron chi connectivity index (χ4n) is 3.83. The van der Waals surface area contributed by atoms with E-state index in [0.29, 0.717) is 45.2 Å². The van der Waals surface area contributed by atoms with Gasteiger partial charge in [-0.25, -0.2) is 4.79 Å². The van der Waals surface area contributed by atoms with E-state index in [0.717, 1.165) is 25.7 Å². The van der Waals surface area contributed by atoms with Crippen molar-refractivity contribution in [2.75, 3.05) is 20.2 Å². The second-order valence-electron chi connectivity index (χ2n) is 7.03. The molecule has 0 unspecified atom stereocenters. The van der Waals surface area contributed by atoms with Crippen LogP contribution in [0.15, 0.2) is 0 Å². The van der Waals surface area contributed by atoms with Crippen molar-refractivity contribution in [2.24, 2.45) is 5.92 Å². The smallest absolute Gasteiger partial charge is 0.331 e. The largest absolute Gasteiger partial charge is 0.467 e. The number of hydrogen-bond acceptors (Lipinski definition) is 4. The molecule has 0 aromatic carbocycles. The van der Waals surface area contributed by atoms with E-state index in [1.54, 1.807) is 0 Å². The van der Waals surface area contributed by atoms with Gasteiger partial charge in [-0.3, -0.25) is 9.59 Å². The minimum Gasteiger partial charge on any atom is -0.467 e. The molecule has 2 amide bonds. The van der Waals surface area contributed by atoms with Crippen LogP contribution in [0.2, 0.25) is 0 Å². The van der Waals surface area contributed by atoms with Gasteiger partial charge in [0.1, 0.15) is 5.54 Å². The molecule has 1 saturated carbocycles. The second kappa shape index (κ2) is 8.49. The predicted molar refractivity (Wildman–Crippen MR) is 90.2 cm³/mol. The van der Waals surface area contributed by atoms with Crippen molar-refractivity contribution in [1.82, 2.24) is 10.2 Å². The summed E-state index contributed by atoms with van der Waals surface area (Å²) in [6.45, 7) is 3.25. The van der Waals surface area contributed by atoms with Gasteiger partial charge >= 0.3 is 5.97 Å². The highest BCUT2D eigenvalue weighted by atomic mass is 16.5. The Labute approximate surface area is 144 Å². The van der Waals surface area contributed by atoms with Crippen LogP contribution in [0.25, 0.3) is 0 Å². The average Bonchev–Trinajstić information content (AvgIpc) is 2.62. The minimum absolute atomic E-state index is 0.0649. The molecule has 0 spiro atoms. The summed E-state index contributed by atoms with van der Waals surface area (Å²) in [7, 11) is 1.38. The topological polar surface area (TPSA) is 75.7 Å². The molecule has 2 rings (SSSR count). The van der Waals surface area contributed by atoms with Gasteiger partial charge in [0.05, 0.1) is 7.11 Å². The average molecular weight is 338 g/mol. The molecule has 24 heavy (non-hydrogen) atoms. The number of methoxy groups -OCH3 is 1. The van der Waals surface area contributed by atoms with E-state index in [1.807, 2.05) is 11.8 Å². The van der Waals surface area contributed by atoms with Crippen LogP contribution in [-0.4, -0.2) is 48.4 Å². The van der Waals surface area contributed by atoms with Crippen LogP contribution in [0.4, 0.5) is 0 Å². The number of nitrogens with one attached hydrogen (secondary N) is 1. The number of carbonyl (C=O) groups is 3. The van der Waals surface area contributed by atoms with Crippen molar-refractivity contribution < 1.29 is 19.1 Å². The van der Waals surface area contributed by atoms with E-state index in [2.05, 4.69) is 5.32 Å². The SMILES string of the molecule is CCCC(=O)N1CCC(C(=O)NC2(C(=O)OC)CCCCC2)CC1. The predicted octanol–water partition coefficient (Wildman–Crippen LogP) is 2.02. The second-order valence-corrected chi connectivity index (χ2v) is 7.03. The van der Waals surface area contributed by atoms with Crippen LogP contribution in [0.1, 0.15) is 64.7 Å². The lowest BCUT2D eigenvalue weighted by molar-refractivity contribution is -0.153. The number of esters is 1. The van der Waals surface area contributed by atoms with Gasteiger partial charge < -0.3 is 15.0 Å². The van der Waals surface area contributed by atoms with Crippen LogP contribution in [0.5, 0.6) is 0 Å². The van der Waals surface area contributed by atoms with Crippen molar-refractivity contribution in [3.63, 3.8) is 0 Å². The van der Waals surface area contributed by atoms with Crippen LogP contribution in [-0.2, 0) is 19.1 Å². The summed E-state index contributed by atoms with van der Waals surface area (Å²) >= 11 is 0. The van der Waals surface area contributed by atoms with Gasteiger partial charge in [0.2, 0.25) is 11.8 Å². The van der Waals surface area contributed by atoms with Gasteiger partial charge in [0, 0.05) is 25.4 Å². The Kier molecular flexibility index (Phi) is 6.63. The number of piperidine rings is 1. The third-order valence-electron chi connectivity index (χ3n) is 5.33. The Bertz CT molecular complexity index is 464. The summed E-state index contributed by atoms with van der Waals surface area (Å²) < 4.78 is 4.95. The first-order valence-corrected chi connectivity index (χ1v) is 9.20. The van der Waals surface area contributed by atoms with E-state index >= 15 is 0 Å². The van der Waals surface area contributed by atoms with Crippen molar-refractivity contribution in [3.05, 3.63) is 0 Å². The summed E-state index contributed by atoms with van der Waals surface area (Å²) in [6.07, 6.45) is 7.00. The molecule has 1 aliphatic heterocycles. The summed E-state index contributed by atoms with van der Waals surface area (Å²) in [4.78, 5) is 38.7. The van der Waals surface area contributed by atoms with Gasteiger partial charge in [-0.05, 0) is 32.1 Å². The summed E-state index contributed by atoms with van der Waals surface area (Å²) in [6, 6.07) is 0. The molecule has 1 aliphatic carbocycles. The molecule has 6 heteroatoms. The van der Waals surface area contributed by atoms with Crippen molar-refractivity contribution in [2.45, 2.75) is 70.3 Å². The lowest BCUT2D eigenvalue weighted by Gasteiger charge is -2.38. The van der Waals surface area contributed by atoms with Gasteiger partial charge in [-0.2, -0.15) is 0 Å². The first-order chi connectivity index (χ1) is 11.5. The summed E-state index contributed by atoms with van der Waals surface area (Å²) in [5, 5.41) is 3.01. The van der Waals surface area contributed by atoms with Gasteiger partial charge in [-0.1, -0.05) is 26.2 Å². The van der Waals surface area contributed by atoms with E-state index < -0.39 is 5.54 Å². The fourth-order valence-corrected chi connectivity index (χ4v) is 3.83. The molecule has 0 atom stereocenters. The molecule has 6 nitrogen and oxygen atoms in total. The third-order valence-corrected chi connectivity index (χ3v) is 5.33. The Balaban J connectivity index is 1.92. The zero-order valence-electron chi connectivity index (χ0n) is 14.9. The molecular weight excluding hydrogens is 308 g/mol. The first kappa shape index (κ1) is 18.7. The Morgan fingerprint density at radius 3 is 2.29 bits per heavy atom. The highest BCUT2D eigenvalue weighted by Gasteiger charge is 2.43. The zero-order chi connectivity index (χ0) is 17.6. The Hall–Kier alpha value is -1.59. The van der Waals surface area contributed by atoms with Crippen LogP contribution in [0.3, 0.4) is 0 Å². The summed E-state index contributed by atoms with van der Waals surface area (Å²) in [5.41, 5.74) is -0.848. The highest BCUT2D eigenvalue weighted by Crippen LogP contribution is 2.30. The monoisotopic (exact) mass is 338 g/mol. The van der Waals surface area contributed by atoms with Gasteiger partial charge in [0.25, 0.3) is 0 Å². The number of likely N-dealkylation sites (tertiary alicyclic amines) is 1. The van der Waals surface area contributed by atoms with Crippen molar-refractivity contribution in [1.29, 1.82) is 0 Å². The molecule has 1 N–H and O–H groups in total. The maximum atomic E-state index is 12.7. The molecule has 0 radical (unpaired) electrons. The Morgan fingerprint density at radius 2 is 1.75 bits per heavy atom. The van der Waals surface area contributed by atoms with E-state index in [1.165, 1.54) is 7.11 Å². The maximum Gasteiger partial charge on any atom is 0.331 e. The fraction of sp³-hybridized carbons (Fsp3) is 0.833. The Morgan fingerprint density at radius 1 is 1.12 bits per heavy atom. The normalized spacial score (nSPS) is 21.2. The lowest BCUT2D eigenvalue weighted by Crippen LogP contribution is -2.58. The quantitative estimate of drug-likeness (QED) is 0.778. The van der Waals surface area contributed by atoms with Crippen LogP contribution < -0.4 is 5.32 Å². The molecular formula is C18H30N2O4. The molecule has 0 aromatic rings. The number of ether oxygens (including phenoxy) is 1. The molecule has 1 saturated heterocycles. The first-order valence-electron chi connectivity index (χ1n) is 9.20. The van der Waals surface area contributed by atoms with E-state index in [-0.39, 0.29) is 23.7 Å². The molecule has 0 aromatic heterocycles.